The molecule has 1 aliphatic heterocycles. The average Bonchev–Trinajstić information content (AvgIpc) is 2.75. The first kappa shape index (κ1) is 19.8. The second kappa shape index (κ2) is 8.49. The Morgan fingerprint density at radius 1 is 1.10 bits per heavy atom. The van der Waals surface area contributed by atoms with E-state index in [4.69, 9.17) is 4.74 Å². The van der Waals surface area contributed by atoms with Crippen LogP contribution in [0.25, 0.3) is 0 Å². The molecule has 1 saturated heterocycles. The molecule has 6 nitrogen and oxygen atoms in total. The number of para-hydroxylation sites is 1. The maximum Gasteiger partial charge on any atom is 0.254 e. The number of aromatic nitrogens is 2. The summed E-state index contributed by atoms with van der Waals surface area (Å²) in [5, 5.41) is 0. The van der Waals surface area contributed by atoms with Gasteiger partial charge in [-0.25, -0.2) is 14.4 Å². The third-order valence-electron chi connectivity index (χ3n) is 5.19. The number of rotatable bonds is 4. The number of halogens is 1. The van der Waals surface area contributed by atoms with E-state index in [9.17, 15) is 9.18 Å². The summed E-state index contributed by atoms with van der Waals surface area (Å²) in [5.41, 5.74) is 1.82. The molecule has 4 rings (SSSR count). The van der Waals surface area contributed by atoms with Crippen LogP contribution in [0.2, 0.25) is 0 Å². The van der Waals surface area contributed by atoms with Crippen LogP contribution in [-0.2, 0) is 0 Å². The molecule has 154 valence electrons. The van der Waals surface area contributed by atoms with Gasteiger partial charge in [0.1, 0.15) is 12.1 Å². The Morgan fingerprint density at radius 2 is 1.87 bits per heavy atom. The predicted molar refractivity (Wildman–Crippen MR) is 112 cm³/mol. The van der Waals surface area contributed by atoms with Crippen LogP contribution in [-0.4, -0.2) is 46.5 Å². The standard InChI is InChI=1S/C23H23FN4O2/c1-16-7-9-18(10-8-16)23(29)28-12-11-27(14-17(28)2)21-13-22(26-15-25-21)30-20-6-4-3-5-19(20)24/h3-10,13,15,17H,11-12,14H2,1-2H3/t17-/m1/s1. The maximum atomic E-state index is 13.8. The van der Waals surface area contributed by atoms with Crippen LogP contribution in [0, 0.1) is 12.7 Å². The molecule has 0 bridgehead atoms. The SMILES string of the molecule is Cc1ccc(C(=O)N2CCN(c3cc(Oc4ccccc4F)ncn3)C[C@H]2C)cc1. The first-order valence-electron chi connectivity index (χ1n) is 9.88. The topological polar surface area (TPSA) is 58.6 Å². The number of anilines is 1. The highest BCUT2D eigenvalue weighted by atomic mass is 19.1. The number of nitrogens with zero attached hydrogens (tertiary/aromatic N) is 4. The zero-order valence-corrected chi connectivity index (χ0v) is 17.0. The number of amides is 1. The molecule has 0 spiro atoms. The van der Waals surface area contributed by atoms with Gasteiger partial charge in [0.15, 0.2) is 11.6 Å². The monoisotopic (exact) mass is 406 g/mol. The van der Waals surface area contributed by atoms with Crippen LogP contribution in [0.1, 0.15) is 22.8 Å². The number of ether oxygens (including phenoxy) is 1. The normalized spacial score (nSPS) is 16.4. The van der Waals surface area contributed by atoms with Crippen molar-refractivity contribution in [1.82, 2.24) is 14.9 Å². The summed E-state index contributed by atoms with van der Waals surface area (Å²) in [4.78, 5) is 25.3. The second-order valence-corrected chi connectivity index (χ2v) is 7.41. The Balaban J connectivity index is 1.45. The summed E-state index contributed by atoms with van der Waals surface area (Å²) >= 11 is 0. The second-order valence-electron chi connectivity index (χ2n) is 7.41. The molecule has 1 atom stereocenters. The summed E-state index contributed by atoms with van der Waals surface area (Å²) in [6.45, 7) is 5.88. The summed E-state index contributed by atoms with van der Waals surface area (Å²) < 4.78 is 19.4. The Bertz CT molecular complexity index is 1040. The lowest BCUT2D eigenvalue weighted by Crippen LogP contribution is -2.54. The summed E-state index contributed by atoms with van der Waals surface area (Å²) in [6.07, 6.45) is 1.40. The van der Waals surface area contributed by atoms with E-state index in [-0.39, 0.29) is 23.6 Å². The number of benzene rings is 2. The molecular formula is C23H23FN4O2. The van der Waals surface area contributed by atoms with Gasteiger partial charge in [-0.1, -0.05) is 29.8 Å². The quantitative estimate of drug-likeness (QED) is 0.654. The lowest BCUT2D eigenvalue weighted by atomic mass is 10.1. The van der Waals surface area contributed by atoms with Crippen molar-refractivity contribution in [1.29, 1.82) is 0 Å². The predicted octanol–water partition coefficient (Wildman–Crippen LogP) is 4.07. The van der Waals surface area contributed by atoms with E-state index in [1.165, 1.54) is 12.4 Å². The summed E-state index contributed by atoms with van der Waals surface area (Å²) in [7, 11) is 0. The van der Waals surface area contributed by atoms with E-state index in [1.54, 1.807) is 24.3 Å². The molecule has 1 aliphatic rings. The first-order chi connectivity index (χ1) is 14.5. The fourth-order valence-corrected chi connectivity index (χ4v) is 3.53. The molecule has 0 radical (unpaired) electrons. The minimum atomic E-state index is -0.450. The summed E-state index contributed by atoms with van der Waals surface area (Å²) in [5.74, 6) is 0.661. The highest BCUT2D eigenvalue weighted by Gasteiger charge is 2.29. The fraction of sp³-hybridized carbons (Fsp3) is 0.261. The van der Waals surface area contributed by atoms with E-state index in [2.05, 4.69) is 14.9 Å². The molecule has 2 aromatic carbocycles. The molecule has 2 heterocycles. The third-order valence-corrected chi connectivity index (χ3v) is 5.19. The van der Waals surface area contributed by atoms with E-state index in [0.717, 1.165) is 5.56 Å². The lowest BCUT2D eigenvalue weighted by molar-refractivity contribution is 0.0673. The molecule has 7 heteroatoms. The molecule has 3 aromatic rings. The number of carbonyl (C=O) groups excluding carboxylic acids is 1. The van der Waals surface area contributed by atoms with Gasteiger partial charge in [-0.05, 0) is 38.1 Å². The van der Waals surface area contributed by atoms with Crippen LogP contribution >= 0.6 is 0 Å². The van der Waals surface area contributed by atoms with Crippen molar-refractivity contribution in [3.63, 3.8) is 0 Å². The first-order valence-corrected chi connectivity index (χ1v) is 9.88. The largest absolute Gasteiger partial charge is 0.436 e. The Morgan fingerprint density at radius 3 is 2.60 bits per heavy atom. The highest BCUT2D eigenvalue weighted by Crippen LogP contribution is 2.26. The van der Waals surface area contributed by atoms with Gasteiger partial charge >= 0.3 is 0 Å². The molecule has 0 unspecified atom stereocenters. The van der Waals surface area contributed by atoms with Crippen LogP contribution in [0.5, 0.6) is 11.6 Å². The molecular weight excluding hydrogens is 383 g/mol. The van der Waals surface area contributed by atoms with Gasteiger partial charge in [0.05, 0.1) is 0 Å². The van der Waals surface area contributed by atoms with Crippen molar-refractivity contribution in [2.75, 3.05) is 24.5 Å². The molecule has 1 fully saturated rings. The zero-order valence-electron chi connectivity index (χ0n) is 17.0. The van der Waals surface area contributed by atoms with Crippen molar-refractivity contribution >= 4 is 11.7 Å². The van der Waals surface area contributed by atoms with Crippen LogP contribution < -0.4 is 9.64 Å². The van der Waals surface area contributed by atoms with Crippen molar-refractivity contribution in [2.45, 2.75) is 19.9 Å². The Labute approximate surface area is 174 Å². The zero-order chi connectivity index (χ0) is 21.1. The minimum absolute atomic E-state index is 0.0125. The van der Waals surface area contributed by atoms with Crippen molar-refractivity contribution in [3.05, 3.63) is 77.9 Å². The number of aryl methyl sites for hydroxylation is 1. The number of hydrogen-bond acceptors (Lipinski definition) is 5. The van der Waals surface area contributed by atoms with Crippen LogP contribution in [0.3, 0.4) is 0 Å². The molecule has 1 aromatic heterocycles. The van der Waals surface area contributed by atoms with Crippen LogP contribution in [0.15, 0.2) is 60.9 Å². The maximum absolute atomic E-state index is 13.8. The van der Waals surface area contributed by atoms with E-state index < -0.39 is 5.82 Å². The molecule has 0 N–H and O–H groups in total. The molecule has 0 saturated carbocycles. The van der Waals surface area contributed by atoms with Gasteiger partial charge < -0.3 is 14.5 Å². The van der Waals surface area contributed by atoms with Gasteiger partial charge in [-0.15, -0.1) is 0 Å². The summed E-state index contributed by atoms with van der Waals surface area (Å²) in [6, 6.07) is 15.5. The highest BCUT2D eigenvalue weighted by molar-refractivity contribution is 5.94. The Hall–Kier alpha value is -3.48. The van der Waals surface area contributed by atoms with E-state index >= 15 is 0 Å². The van der Waals surface area contributed by atoms with Gasteiger partial charge in [-0.3, -0.25) is 4.79 Å². The van der Waals surface area contributed by atoms with Crippen molar-refractivity contribution in [2.24, 2.45) is 0 Å². The molecule has 0 aliphatic carbocycles. The number of piperazine rings is 1. The van der Waals surface area contributed by atoms with E-state index in [1.807, 2.05) is 43.0 Å². The third kappa shape index (κ3) is 4.25. The average molecular weight is 406 g/mol. The van der Waals surface area contributed by atoms with Crippen molar-refractivity contribution < 1.29 is 13.9 Å². The minimum Gasteiger partial charge on any atom is -0.436 e. The van der Waals surface area contributed by atoms with Gasteiger partial charge in [0, 0.05) is 37.3 Å². The van der Waals surface area contributed by atoms with Gasteiger partial charge in [-0.2, -0.15) is 0 Å². The van der Waals surface area contributed by atoms with Gasteiger partial charge in [0.25, 0.3) is 5.91 Å². The molecule has 1 amide bonds. The lowest BCUT2D eigenvalue weighted by Gasteiger charge is -2.40. The fourth-order valence-electron chi connectivity index (χ4n) is 3.53. The number of carbonyl (C=O) groups is 1. The van der Waals surface area contributed by atoms with Gasteiger partial charge in [0.2, 0.25) is 5.88 Å². The Kier molecular flexibility index (Phi) is 5.61. The smallest absolute Gasteiger partial charge is 0.254 e. The van der Waals surface area contributed by atoms with Crippen molar-refractivity contribution in [3.8, 4) is 11.6 Å². The number of hydrogen-bond donors (Lipinski definition) is 0. The van der Waals surface area contributed by atoms with Crippen LogP contribution in [0.4, 0.5) is 10.2 Å². The van der Waals surface area contributed by atoms with E-state index in [0.29, 0.717) is 31.0 Å². The molecule has 30 heavy (non-hydrogen) atoms.